The summed E-state index contributed by atoms with van der Waals surface area (Å²) < 4.78 is 0. The lowest BCUT2D eigenvalue weighted by Gasteiger charge is -2.33. The van der Waals surface area contributed by atoms with E-state index in [1.165, 1.54) is 0 Å². The van der Waals surface area contributed by atoms with Crippen molar-refractivity contribution in [3.8, 4) is 33.8 Å². The van der Waals surface area contributed by atoms with Crippen molar-refractivity contribution in [2.45, 2.75) is 12.3 Å². The Labute approximate surface area is 200 Å². The first-order chi connectivity index (χ1) is 16.6. The van der Waals surface area contributed by atoms with Crippen molar-refractivity contribution < 1.29 is 10.2 Å². The predicted molar refractivity (Wildman–Crippen MR) is 139 cm³/mol. The lowest BCUT2D eigenvalue weighted by atomic mass is 9.70. The van der Waals surface area contributed by atoms with Gasteiger partial charge in [-0.2, -0.15) is 0 Å². The molecule has 5 aromatic carbocycles. The molecule has 0 amide bonds. The molecule has 0 aliphatic heterocycles. The van der Waals surface area contributed by atoms with Crippen LogP contribution in [0.4, 0.5) is 0 Å². The quantitative estimate of drug-likeness (QED) is 0.273. The SMILES string of the molecule is CC(c1ccccc1)(c1ccc(O)c(-c2ccccc2)c1)c1ccc(O)c(-c2ccccc2)c1. The van der Waals surface area contributed by atoms with Crippen molar-refractivity contribution in [1.29, 1.82) is 0 Å². The molecule has 0 aliphatic rings. The van der Waals surface area contributed by atoms with E-state index in [-0.39, 0.29) is 11.5 Å². The smallest absolute Gasteiger partial charge is 0.123 e. The van der Waals surface area contributed by atoms with Crippen molar-refractivity contribution in [3.63, 3.8) is 0 Å². The van der Waals surface area contributed by atoms with E-state index in [4.69, 9.17) is 0 Å². The van der Waals surface area contributed by atoms with E-state index in [0.717, 1.165) is 38.9 Å². The molecular weight excluding hydrogens is 416 g/mol. The van der Waals surface area contributed by atoms with Gasteiger partial charge in [0.1, 0.15) is 11.5 Å². The Morgan fingerprint density at radius 2 is 0.824 bits per heavy atom. The van der Waals surface area contributed by atoms with Gasteiger partial charge in [0.05, 0.1) is 0 Å². The lowest BCUT2D eigenvalue weighted by molar-refractivity contribution is 0.476. The number of phenols is 2. The molecule has 166 valence electrons. The van der Waals surface area contributed by atoms with Crippen LogP contribution in [-0.4, -0.2) is 10.2 Å². The number of rotatable bonds is 5. The Kier molecular flexibility index (Phi) is 5.65. The first-order valence-corrected chi connectivity index (χ1v) is 11.4. The molecule has 0 radical (unpaired) electrons. The van der Waals surface area contributed by atoms with Crippen LogP contribution in [0.3, 0.4) is 0 Å². The standard InChI is InChI=1S/C32H26O2/c1-32(25-15-9-4-10-16-25,26-17-19-30(33)28(21-26)23-11-5-2-6-12-23)27-18-20-31(34)29(22-27)24-13-7-3-8-14-24/h2-22,33-34H,1H3. The van der Waals surface area contributed by atoms with E-state index in [2.05, 4.69) is 31.2 Å². The van der Waals surface area contributed by atoms with Gasteiger partial charge in [-0.05, 0) is 59.0 Å². The van der Waals surface area contributed by atoms with E-state index >= 15 is 0 Å². The molecule has 0 spiro atoms. The van der Waals surface area contributed by atoms with Gasteiger partial charge in [-0.3, -0.25) is 0 Å². The van der Waals surface area contributed by atoms with Gasteiger partial charge in [-0.25, -0.2) is 0 Å². The van der Waals surface area contributed by atoms with Crippen LogP contribution in [0, 0.1) is 0 Å². The second-order valence-electron chi connectivity index (χ2n) is 8.69. The van der Waals surface area contributed by atoms with Crippen LogP contribution >= 0.6 is 0 Å². The van der Waals surface area contributed by atoms with Gasteiger partial charge in [0.2, 0.25) is 0 Å². The molecule has 2 N–H and O–H groups in total. The summed E-state index contributed by atoms with van der Waals surface area (Å²) >= 11 is 0. The second-order valence-corrected chi connectivity index (χ2v) is 8.69. The minimum atomic E-state index is -0.518. The molecule has 0 bridgehead atoms. The predicted octanol–water partition coefficient (Wildman–Crippen LogP) is 7.79. The zero-order valence-electron chi connectivity index (χ0n) is 19.0. The fourth-order valence-corrected chi connectivity index (χ4v) is 4.66. The highest BCUT2D eigenvalue weighted by Crippen LogP contribution is 2.44. The number of aromatic hydroxyl groups is 2. The van der Waals surface area contributed by atoms with Gasteiger partial charge < -0.3 is 10.2 Å². The van der Waals surface area contributed by atoms with E-state index in [1.807, 2.05) is 91.0 Å². The van der Waals surface area contributed by atoms with Gasteiger partial charge in [0.15, 0.2) is 0 Å². The molecule has 2 heteroatoms. The fraction of sp³-hybridized carbons (Fsp3) is 0.0625. The third-order valence-electron chi connectivity index (χ3n) is 6.67. The van der Waals surface area contributed by atoms with Gasteiger partial charge in [0, 0.05) is 16.5 Å². The Bertz CT molecular complexity index is 1320. The Balaban J connectivity index is 1.74. The Morgan fingerprint density at radius 3 is 1.24 bits per heavy atom. The highest BCUT2D eigenvalue weighted by Gasteiger charge is 2.32. The van der Waals surface area contributed by atoms with Crippen molar-refractivity contribution in [2.75, 3.05) is 0 Å². The van der Waals surface area contributed by atoms with Crippen molar-refractivity contribution >= 4 is 0 Å². The van der Waals surface area contributed by atoms with Crippen LogP contribution in [0.5, 0.6) is 11.5 Å². The Hall–Kier alpha value is -4.30. The summed E-state index contributed by atoms with van der Waals surface area (Å²) in [5.74, 6) is 0.502. The summed E-state index contributed by atoms with van der Waals surface area (Å²) in [7, 11) is 0. The third kappa shape index (κ3) is 3.84. The molecule has 34 heavy (non-hydrogen) atoms. The van der Waals surface area contributed by atoms with Crippen molar-refractivity contribution in [3.05, 3.63) is 144 Å². The summed E-state index contributed by atoms with van der Waals surface area (Å²) in [6, 6.07) is 41.9. The molecular formula is C32H26O2. The maximum Gasteiger partial charge on any atom is 0.123 e. The fourth-order valence-electron chi connectivity index (χ4n) is 4.66. The molecule has 5 aromatic rings. The van der Waals surface area contributed by atoms with E-state index in [1.54, 1.807) is 12.1 Å². The molecule has 0 saturated heterocycles. The van der Waals surface area contributed by atoms with E-state index in [9.17, 15) is 10.2 Å². The summed E-state index contributed by atoms with van der Waals surface area (Å²) in [6.45, 7) is 2.20. The highest BCUT2D eigenvalue weighted by atomic mass is 16.3. The van der Waals surface area contributed by atoms with Crippen LogP contribution in [0.15, 0.2) is 127 Å². The first-order valence-electron chi connectivity index (χ1n) is 11.4. The molecule has 0 aromatic heterocycles. The van der Waals surface area contributed by atoms with E-state index < -0.39 is 5.41 Å². The number of hydrogen-bond acceptors (Lipinski definition) is 2. The first kappa shape index (κ1) is 21.5. The van der Waals surface area contributed by atoms with Crippen LogP contribution in [0.25, 0.3) is 22.3 Å². The molecule has 0 atom stereocenters. The van der Waals surface area contributed by atoms with E-state index in [0.29, 0.717) is 0 Å². The van der Waals surface area contributed by atoms with Gasteiger partial charge in [0.25, 0.3) is 0 Å². The third-order valence-corrected chi connectivity index (χ3v) is 6.67. The zero-order chi connectivity index (χ0) is 23.5. The summed E-state index contributed by atoms with van der Waals surface area (Å²) in [5, 5.41) is 21.4. The topological polar surface area (TPSA) is 40.5 Å². The molecule has 0 unspecified atom stereocenters. The van der Waals surface area contributed by atoms with Crippen LogP contribution < -0.4 is 0 Å². The molecule has 2 nitrogen and oxygen atoms in total. The highest BCUT2D eigenvalue weighted by molar-refractivity contribution is 5.74. The average molecular weight is 443 g/mol. The van der Waals surface area contributed by atoms with Crippen molar-refractivity contribution in [1.82, 2.24) is 0 Å². The summed E-state index contributed by atoms with van der Waals surface area (Å²) in [4.78, 5) is 0. The number of benzene rings is 5. The zero-order valence-corrected chi connectivity index (χ0v) is 19.0. The Morgan fingerprint density at radius 1 is 0.441 bits per heavy atom. The van der Waals surface area contributed by atoms with Crippen molar-refractivity contribution in [2.24, 2.45) is 0 Å². The average Bonchev–Trinajstić information content (AvgIpc) is 2.90. The molecule has 0 heterocycles. The molecule has 5 rings (SSSR count). The largest absolute Gasteiger partial charge is 0.507 e. The minimum absolute atomic E-state index is 0.251. The molecule has 0 saturated carbocycles. The maximum atomic E-state index is 10.7. The maximum absolute atomic E-state index is 10.7. The van der Waals surface area contributed by atoms with Gasteiger partial charge in [-0.1, -0.05) is 103 Å². The van der Waals surface area contributed by atoms with Gasteiger partial charge in [-0.15, -0.1) is 0 Å². The number of phenolic OH excluding ortho intramolecular Hbond substituents is 2. The summed E-state index contributed by atoms with van der Waals surface area (Å²) in [6.07, 6.45) is 0. The summed E-state index contributed by atoms with van der Waals surface area (Å²) in [5.41, 5.74) is 6.24. The number of hydrogen-bond donors (Lipinski definition) is 2. The van der Waals surface area contributed by atoms with Gasteiger partial charge >= 0.3 is 0 Å². The second kappa shape index (κ2) is 8.92. The lowest BCUT2D eigenvalue weighted by Crippen LogP contribution is -2.25. The van der Waals surface area contributed by atoms with Crippen LogP contribution in [0.2, 0.25) is 0 Å². The monoisotopic (exact) mass is 442 g/mol. The molecule has 0 aliphatic carbocycles. The van der Waals surface area contributed by atoms with Crippen LogP contribution in [0.1, 0.15) is 23.6 Å². The molecule has 0 fully saturated rings. The normalized spacial score (nSPS) is 11.3. The minimum Gasteiger partial charge on any atom is -0.507 e. The van der Waals surface area contributed by atoms with Crippen LogP contribution in [-0.2, 0) is 5.41 Å².